The SMILES string of the molecule is Cc1nc(C(=O)N[C@H]2CC[C@H](NC(=O)c3cc(F)cnc3Oc3cccc(-c4ccc(C=O)cc4)c3)CC2)cs1. The van der Waals surface area contributed by atoms with Crippen molar-refractivity contribution >= 4 is 29.4 Å². The van der Waals surface area contributed by atoms with Gasteiger partial charge in [0.05, 0.1) is 11.2 Å². The number of carbonyl (C=O) groups is 3. The lowest BCUT2D eigenvalue weighted by atomic mass is 9.91. The summed E-state index contributed by atoms with van der Waals surface area (Å²) in [5.74, 6) is -0.895. The smallest absolute Gasteiger partial charge is 0.270 e. The molecule has 0 radical (unpaired) electrons. The molecule has 204 valence electrons. The summed E-state index contributed by atoms with van der Waals surface area (Å²) in [4.78, 5) is 44.8. The maximum absolute atomic E-state index is 14.1. The zero-order valence-corrected chi connectivity index (χ0v) is 22.5. The van der Waals surface area contributed by atoms with Crippen molar-refractivity contribution in [2.45, 2.75) is 44.7 Å². The average Bonchev–Trinajstić information content (AvgIpc) is 3.41. The fourth-order valence-corrected chi connectivity index (χ4v) is 5.24. The molecule has 0 atom stereocenters. The summed E-state index contributed by atoms with van der Waals surface area (Å²) in [7, 11) is 0. The Kier molecular flexibility index (Phi) is 8.26. The van der Waals surface area contributed by atoms with Gasteiger partial charge in [0.15, 0.2) is 0 Å². The molecule has 40 heavy (non-hydrogen) atoms. The van der Waals surface area contributed by atoms with Gasteiger partial charge < -0.3 is 15.4 Å². The van der Waals surface area contributed by atoms with Gasteiger partial charge in [-0.2, -0.15) is 0 Å². The molecule has 1 saturated carbocycles. The van der Waals surface area contributed by atoms with Gasteiger partial charge in [-0.3, -0.25) is 14.4 Å². The summed E-state index contributed by atoms with van der Waals surface area (Å²) < 4.78 is 20.1. The van der Waals surface area contributed by atoms with Crippen molar-refractivity contribution in [1.82, 2.24) is 20.6 Å². The van der Waals surface area contributed by atoms with Crippen LogP contribution in [-0.4, -0.2) is 40.2 Å². The lowest BCUT2D eigenvalue weighted by Crippen LogP contribution is -2.44. The molecule has 1 aliphatic carbocycles. The van der Waals surface area contributed by atoms with E-state index in [9.17, 15) is 18.8 Å². The molecule has 4 aromatic rings. The lowest BCUT2D eigenvalue weighted by Gasteiger charge is -2.29. The van der Waals surface area contributed by atoms with E-state index >= 15 is 0 Å². The highest BCUT2D eigenvalue weighted by molar-refractivity contribution is 7.09. The number of amides is 2. The van der Waals surface area contributed by atoms with E-state index in [4.69, 9.17) is 4.74 Å². The molecule has 1 fully saturated rings. The molecule has 0 bridgehead atoms. The van der Waals surface area contributed by atoms with E-state index in [2.05, 4.69) is 20.6 Å². The first-order chi connectivity index (χ1) is 19.4. The van der Waals surface area contributed by atoms with Crippen LogP contribution in [0, 0.1) is 12.7 Å². The molecule has 1 aliphatic rings. The number of rotatable bonds is 8. The third-order valence-corrected chi connectivity index (χ3v) is 7.51. The quantitative estimate of drug-likeness (QED) is 0.267. The van der Waals surface area contributed by atoms with Gasteiger partial charge in [0.2, 0.25) is 5.88 Å². The van der Waals surface area contributed by atoms with E-state index in [0.717, 1.165) is 34.7 Å². The van der Waals surface area contributed by atoms with Crippen LogP contribution in [0.3, 0.4) is 0 Å². The Bertz CT molecular complexity index is 1530. The number of nitrogens with one attached hydrogen (secondary N) is 2. The Balaban J connectivity index is 1.22. The number of carbonyl (C=O) groups excluding carboxylic acids is 3. The molecule has 0 unspecified atom stereocenters. The standard InChI is InChI=1S/C30H27FN4O4S/c1-18-33-27(17-40-18)29(38)35-24-11-9-23(10-12-24)34-28(37)26-14-22(31)15-32-30(26)39-25-4-2-3-21(13-25)20-7-5-19(16-36)6-8-20/h2-8,13-17,23-24H,9-12H2,1H3,(H,34,37)(H,35,38)/t23-,24-. The second-order valence-electron chi connectivity index (χ2n) is 9.62. The number of hydrogen-bond acceptors (Lipinski definition) is 7. The van der Waals surface area contributed by atoms with Crippen molar-refractivity contribution in [3.8, 4) is 22.8 Å². The van der Waals surface area contributed by atoms with E-state index in [1.54, 1.807) is 35.7 Å². The van der Waals surface area contributed by atoms with Gasteiger partial charge in [0.25, 0.3) is 11.8 Å². The fourth-order valence-electron chi connectivity index (χ4n) is 4.65. The summed E-state index contributed by atoms with van der Waals surface area (Å²) in [5.41, 5.74) is 2.72. The minimum Gasteiger partial charge on any atom is -0.438 e. The number of nitrogens with zero attached hydrogens (tertiary/aromatic N) is 2. The monoisotopic (exact) mass is 558 g/mol. The maximum Gasteiger partial charge on any atom is 0.270 e. The average molecular weight is 559 g/mol. The maximum atomic E-state index is 14.1. The van der Waals surface area contributed by atoms with Gasteiger partial charge in [0.1, 0.15) is 29.1 Å². The Morgan fingerprint density at radius 1 is 0.975 bits per heavy atom. The van der Waals surface area contributed by atoms with Crippen LogP contribution >= 0.6 is 11.3 Å². The Morgan fingerprint density at radius 2 is 1.68 bits per heavy atom. The number of hydrogen-bond donors (Lipinski definition) is 2. The van der Waals surface area contributed by atoms with Crippen LogP contribution in [0.1, 0.15) is 61.9 Å². The summed E-state index contributed by atoms with van der Waals surface area (Å²) >= 11 is 1.43. The molecule has 2 heterocycles. The first-order valence-electron chi connectivity index (χ1n) is 12.9. The summed E-state index contributed by atoms with van der Waals surface area (Å²) in [6.07, 6.45) is 4.51. The Labute approximate surface area is 234 Å². The van der Waals surface area contributed by atoms with Crippen molar-refractivity contribution in [3.05, 3.63) is 93.8 Å². The molecule has 2 aromatic carbocycles. The number of benzene rings is 2. The van der Waals surface area contributed by atoms with Crippen molar-refractivity contribution in [3.63, 3.8) is 0 Å². The zero-order chi connectivity index (χ0) is 28.1. The first kappa shape index (κ1) is 27.1. The number of aldehydes is 1. The van der Waals surface area contributed by atoms with Crippen LogP contribution in [0.5, 0.6) is 11.6 Å². The first-order valence-corrected chi connectivity index (χ1v) is 13.8. The summed E-state index contributed by atoms with van der Waals surface area (Å²) in [6.45, 7) is 1.85. The van der Waals surface area contributed by atoms with E-state index in [1.807, 2.05) is 25.1 Å². The van der Waals surface area contributed by atoms with E-state index in [-0.39, 0.29) is 29.4 Å². The summed E-state index contributed by atoms with van der Waals surface area (Å²) in [6, 6.07) is 15.3. The second kappa shape index (κ2) is 12.2. The molecule has 2 amide bonds. The largest absolute Gasteiger partial charge is 0.438 e. The van der Waals surface area contributed by atoms with Crippen LogP contribution in [0.4, 0.5) is 4.39 Å². The fraction of sp³-hybridized carbons (Fsp3) is 0.233. The van der Waals surface area contributed by atoms with Crippen LogP contribution in [-0.2, 0) is 0 Å². The van der Waals surface area contributed by atoms with Gasteiger partial charge >= 0.3 is 0 Å². The van der Waals surface area contributed by atoms with Gasteiger partial charge in [-0.05, 0) is 61.9 Å². The van der Waals surface area contributed by atoms with Crippen LogP contribution < -0.4 is 15.4 Å². The van der Waals surface area contributed by atoms with E-state index in [0.29, 0.717) is 42.7 Å². The third-order valence-electron chi connectivity index (χ3n) is 6.74. The molecular weight excluding hydrogens is 531 g/mol. The van der Waals surface area contributed by atoms with Crippen LogP contribution in [0.2, 0.25) is 0 Å². The predicted octanol–water partition coefficient (Wildman–Crippen LogP) is 5.73. The number of thiazole rings is 1. The molecular formula is C30H27FN4O4S. The van der Waals surface area contributed by atoms with Crippen molar-refractivity contribution in [1.29, 1.82) is 0 Å². The lowest BCUT2D eigenvalue weighted by molar-refractivity contribution is 0.0888. The van der Waals surface area contributed by atoms with E-state index in [1.165, 1.54) is 11.3 Å². The van der Waals surface area contributed by atoms with E-state index < -0.39 is 11.7 Å². The van der Waals surface area contributed by atoms with Crippen LogP contribution in [0.25, 0.3) is 11.1 Å². The highest BCUT2D eigenvalue weighted by Crippen LogP contribution is 2.29. The highest BCUT2D eigenvalue weighted by atomic mass is 32.1. The minimum absolute atomic E-state index is 0.000643. The Morgan fingerprint density at radius 3 is 2.33 bits per heavy atom. The van der Waals surface area contributed by atoms with Gasteiger partial charge in [0, 0.05) is 23.0 Å². The number of aryl methyl sites for hydroxylation is 1. The molecule has 0 saturated heterocycles. The number of aromatic nitrogens is 2. The Hall–Kier alpha value is -4.44. The molecule has 5 rings (SSSR count). The number of halogens is 1. The normalized spacial score (nSPS) is 16.6. The van der Waals surface area contributed by atoms with Crippen molar-refractivity contribution in [2.75, 3.05) is 0 Å². The second-order valence-corrected chi connectivity index (χ2v) is 10.7. The van der Waals surface area contributed by atoms with Gasteiger partial charge in [-0.1, -0.05) is 36.4 Å². The predicted molar refractivity (Wildman–Crippen MR) is 149 cm³/mol. The molecule has 0 aliphatic heterocycles. The van der Waals surface area contributed by atoms with Crippen LogP contribution in [0.15, 0.2) is 66.2 Å². The molecule has 10 heteroatoms. The number of ether oxygens (including phenoxy) is 1. The molecule has 2 aromatic heterocycles. The van der Waals surface area contributed by atoms with Gasteiger partial charge in [-0.15, -0.1) is 11.3 Å². The molecule has 0 spiro atoms. The molecule has 8 nitrogen and oxygen atoms in total. The number of pyridine rings is 1. The molecule has 2 N–H and O–H groups in total. The highest BCUT2D eigenvalue weighted by Gasteiger charge is 2.26. The topological polar surface area (TPSA) is 110 Å². The van der Waals surface area contributed by atoms with Crippen molar-refractivity contribution in [2.24, 2.45) is 0 Å². The third kappa shape index (κ3) is 6.58. The van der Waals surface area contributed by atoms with Crippen molar-refractivity contribution < 1.29 is 23.5 Å². The summed E-state index contributed by atoms with van der Waals surface area (Å²) in [5, 5.41) is 8.56. The zero-order valence-electron chi connectivity index (χ0n) is 21.7. The minimum atomic E-state index is -0.648. The van der Waals surface area contributed by atoms with Gasteiger partial charge in [-0.25, -0.2) is 14.4 Å².